The summed E-state index contributed by atoms with van der Waals surface area (Å²) in [5.41, 5.74) is 0.170. The molecule has 2 amide bonds. The average molecular weight is 264 g/mol. The first-order chi connectivity index (χ1) is 8.91. The van der Waals surface area contributed by atoms with E-state index in [1.54, 1.807) is 32.0 Å². The monoisotopic (exact) mass is 264 g/mol. The molecule has 1 aliphatic rings. The Morgan fingerprint density at radius 1 is 1.53 bits per heavy atom. The first-order valence-electron chi connectivity index (χ1n) is 5.91. The topological polar surface area (TPSA) is 87.7 Å². The highest BCUT2D eigenvalue weighted by molar-refractivity contribution is 6.00. The third kappa shape index (κ3) is 3.03. The molecule has 0 aromatic heterocycles. The van der Waals surface area contributed by atoms with E-state index in [1.807, 2.05) is 0 Å². The number of benzene rings is 1. The lowest BCUT2D eigenvalue weighted by molar-refractivity contribution is -0.118. The molecule has 1 heterocycles. The van der Waals surface area contributed by atoms with Crippen LogP contribution in [0, 0.1) is 0 Å². The van der Waals surface area contributed by atoms with Crippen molar-refractivity contribution < 1.29 is 19.4 Å². The summed E-state index contributed by atoms with van der Waals surface area (Å²) in [7, 11) is 0. The molecule has 1 aromatic carbocycles. The summed E-state index contributed by atoms with van der Waals surface area (Å²) in [4.78, 5) is 23.2. The first-order valence-corrected chi connectivity index (χ1v) is 5.91. The molecule has 0 atom stereocenters. The van der Waals surface area contributed by atoms with Gasteiger partial charge in [-0.1, -0.05) is 0 Å². The number of ether oxygens (including phenoxy) is 1. The van der Waals surface area contributed by atoms with E-state index in [4.69, 9.17) is 9.84 Å². The quantitative estimate of drug-likeness (QED) is 0.742. The van der Waals surface area contributed by atoms with Crippen LogP contribution in [-0.4, -0.2) is 35.7 Å². The van der Waals surface area contributed by atoms with Crippen molar-refractivity contribution in [2.24, 2.45) is 0 Å². The Balaban J connectivity index is 2.20. The molecule has 2 rings (SSSR count). The van der Waals surface area contributed by atoms with Crippen LogP contribution in [0.2, 0.25) is 0 Å². The molecule has 0 aliphatic carbocycles. The maximum atomic E-state index is 12.0. The fourth-order valence-corrected chi connectivity index (χ4v) is 1.64. The van der Waals surface area contributed by atoms with Gasteiger partial charge in [0.15, 0.2) is 6.61 Å². The van der Waals surface area contributed by atoms with E-state index < -0.39 is 5.54 Å². The Hall–Kier alpha value is -2.08. The molecule has 0 fully saturated rings. The van der Waals surface area contributed by atoms with E-state index in [1.165, 1.54) is 0 Å². The van der Waals surface area contributed by atoms with Crippen molar-refractivity contribution in [3.05, 3.63) is 23.8 Å². The lowest BCUT2D eigenvalue weighted by Gasteiger charge is -2.24. The number of rotatable bonds is 3. The average Bonchev–Trinajstić information content (AvgIpc) is 2.37. The zero-order valence-electron chi connectivity index (χ0n) is 10.8. The van der Waals surface area contributed by atoms with Gasteiger partial charge in [0.25, 0.3) is 11.8 Å². The molecule has 19 heavy (non-hydrogen) atoms. The number of nitrogens with one attached hydrogen (secondary N) is 2. The minimum absolute atomic E-state index is 0.0178. The zero-order valence-corrected chi connectivity index (χ0v) is 10.8. The summed E-state index contributed by atoms with van der Waals surface area (Å²) >= 11 is 0. The molecule has 0 bridgehead atoms. The summed E-state index contributed by atoms with van der Waals surface area (Å²) < 4.78 is 5.21. The Morgan fingerprint density at radius 2 is 2.26 bits per heavy atom. The summed E-state index contributed by atoms with van der Waals surface area (Å²) in [6, 6.07) is 4.80. The molecule has 0 radical (unpaired) electrons. The number of anilines is 1. The molecule has 1 aliphatic heterocycles. The minimum atomic E-state index is -0.702. The zero-order chi connectivity index (χ0) is 14.0. The predicted octanol–water partition coefficient (Wildman–Crippen LogP) is 0.518. The van der Waals surface area contributed by atoms with Crippen LogP contribution in [0.4, 0.5) is 5.69 Å². The Kier molecular flexibility index (Phi) is 3.44. The summed E-state index contributed by atoms with van der Waals surface area (Å²) in [6.45, 7) is 3.25. The Bertz CT molecular complexity index is 525. The van der Waals surface area contributed by atoms with Crippen molar-refractivity contribution in [2.45, 2.75) is 19.4 Å². The highest BCUT2D eigenvalue weighted by Gasteiger charge is 2.22. The van der Waals surface area contributed by atoms with Crippen molar-refractivity contribution in [3.63, 3.8) is 0 Å². The van der Waals surface area contributed by atoms with Crippen molar-refractivity contribution >= 4 is 17.5 Å². The van der Waals surface area contributed by atoms with E-state index in [0.29, 0.717) is 17.0 Å². The first kappa shape index (κ1) is 13.4. The van der Waals surface area contributed by atoms with E-state index in [9.17, 15) is 9.59 Å². The number of amides is 2. The predicted molar refractivity (Wildman–Crippen MR) is 69.2 cm³/mol. The van der Waals surface area contributed by atoms with Gasteiger partial charge in [-0.2, -0.15) is 0 Å². The fraction of sp³-hybridized carbons (Fsp3) is 0.385. The Morgan fingerprint density at radius 3 is 2.95 bits per heavy atom. The van der Waals surface area contributed by atoms with Gasteiger partial charge in [0.05, 0.1) is 17.8 Å². The molecule has 0 spiro atoms. The molecule has 6 nitrogen and oxygen atoms in total. The summed E-state index contributed by atoms with van der Waals surface area (Å²) in [5.74, 6) is -0.0278. The summed E-state index contributed by atoms with van der Waals surface area (Å²) in [6.07, 6.45) is 0. The second-order valence-corrected chi connectivity index (χ2v) is 5.04. The van der Waals surface area contributed by atoms with Gasteiger partial charge in [-0.05, 0) is 32.0 Å². The van der Waals surface area contributed by atoms with Crippen molar-refractivity contribution in [2.75, 3.05) is 18.5 Å². The van der Waals surface area contributed by atoms with Gasteiger partial charge >= 0.3 is 0 Å². The maximum absolute atomic E-state index is 12.0. The van der Waals surface area contributed by atoms with Crippen LogP contribution in [-0.2, 0) is 4.79 Å². The molecule has 3 N–H and O–H groups in total. The number of carbonyl (C=O) groups is 2. The molecule has 1 aromatic rings. The largest absolute Gasteiger partial charge is 0.482 e. The van der Waals surface area contributed by atoms with Gasteiger partial charge < -0.3 is 20.5 Å². The molecule has 0 saturated heterocycles. The van der Waals surface area contributed by atoms with E-state index in [2.05, 4.69) is 10.6 Å². The number of aliphatic hydroxyl groups is 1. The van der Waals surface area contributed by atoms with Crippen LogP contribution in [0.1, 0.15) is 24.2 Å². The fourth-order valence-electron chi connectivity index (χ4n) is 1.64. The second-order valence-electron chi connectivity index (χ2n) is 5.04. The number of hydrogen-bond acceptors (Lipinski definition) is 4. The van der Waals surface area contributed by atoms with Crippen LogP contribution < -0.4 is 15.4 Å². The third-order valence-electron chi connectivity index (χ3n) is 2.72. The van der Waals surface area contributed by atoms with Gasteiger partial charge in [0, 0.05) is 5.56 Å². The SMILES string of the molecule is CC(C)(CO)NC(=O)c1ccc2c(c1)NC(=O)CO2. The van der Waals surface area contributed by atoms with E-state index in [0.717, 1.165) is 0 Å². The highest BCUT2D eigenvalue weighted by atomic mass is 16.5. The van der Waals surface area contributed by atoms with Crippen molar-refractivity contribution in [3.8, 4) is 5.75 Å². The van der Waals surface area contributed by atoms with Crippen molar-refractivity contribution in [1.29, 1.82) is 0 Å². The van der Waals surface area contributed by atoms with Gasteiger partial charge in [0.1, 0.15) is 5.75 Å². The smallest absolute Gasteiger partial charge is 0.262 e. The second kappa shape index (κ2) is 4.89. The minimum Gasteiger partial charge on any atom is -0.482 e. The van der Waals surface area contributed by atoms with E-state index >= 15 is 0 Å². The van der Waals surface area contributed by atoms with Crippen LogP contribution in [0.5, 0.6) is 5.75 Å². The highest BCUT2D eigenvalue weighted by Crippen LogP contribution is 2.28. The number of fused-ring (bicyclic) bond motifs is 1. The molecule has 0 saturated carbocycles. The lowest BCUT2D eigenvalue weighted by atomic mass is 10.1. The molecule has 102 valence electrons. The number of aliphatic hydroxyl groups excluding tert-OH is 1. The van der Waals surface area contributed by atoms with Crippen LogP contribution in [0.15, 0.2) is 18.2 Å². The molecular weight excluding hydrogens is 248 g/mol. The standard InChI is InChI=1S/C13H16N2O4/c1-13(2,7-16)15-12(18)8-3-4-10-9(5-8)14-11(17)6-19-10/h3-5,16H,6-7H2,1-2H3,(H,14,17)(H,15,18). The number of carbonyl (C=O) groups excluding carboxylic acids is 2. The van der Waals surface area contributed by atoms with Gasteiger partial charge in [-0.3, -0.25) is 9.59 Å². The number of hydrogen-bond donors (Lipinski definition) is 3. The van der Waals surface area contributed by atoms with Crippen LogP contribution in [0.3, 0.4) is 0 Å². The molecular formula is C13H16N2O4. The molecule has 6 heteroatoms. The normalized spacial score (nSPS) is 14.2. The van der Waals surface area contributed by atoms with Gasteiger partial charge in [0.2, 0.25) is 0 Å². The third-order valence-corrected chi connectivity index (χ3v) is 2.72. The van der Waals surface area contributed by atoms with Crippen LogP contribution in [0.25, 0.3) is 0 Å². The molecule has 0 unspecified atom stereocenters. The van der Waals surface area contributed by atoms with E-state index in [-0.39, 0.29) is 25.0 Å². The van der Waals surface area contributed by atoms with Crippen LogP contribution >= 0.6 is 0 Å². The summed E-state index contributed by atoms with van der Waals surface area (Å²) in [5, 5.41) is 14.5. The van der Waals surface area contributed by atoms with Gasteiger partial charge in [-0.25, -0.2) is 0 Å². The van der Waals surface area contributed by atoms with Gasteiger partial charge in [-0.15, -0.1) is 0 Å². The Labute approximate surface area is 110 Å². The lowest BCUT2D eigenvalue weighted by Crippen LogP contribution is -2.46. The van der Waals surface area contributed by atoms with Crippen molar-refractivity contribution in [1.82, 2.24) is 5.32 Å². The maximum Gasteiger partial charge on any atom is 0.262 e.